The largest absolute Gasteiger partial charge is 0.346 e. The number of rotatable bonds is 3. The smallest absolute Gasteiger partial charge is 0.254 e. The Morgan fingerprint density at radius 2 is 2.18 bits per heavy atom. The van der Waals surface area contributed by atoms with Crippen LogP contribution in [0.1, 0.15) is 16.1 Å². The lowest BCUT2D eigenvalue weighted by molar-refractivity contribution is 0.0950. The van der Waals surface area contributed by atoms with E-state index in [1.807, 2.05) is 0 Å². The molecule has 2 rings (SSSR count). The number of hydrogen-bond donors (Lipinski definition) is 2. The summed E-state index contributed by atoms with van der Waals surface area (Å²) >= 11 is 11.4. The molecule has 0 aliphatic rings. The minimum atomic E-state index is -0.311. The fourth-order valence-corrected chi connectivity index (χ4v) is 1.67. The molecule has 0 bridgehead atoms. The van der Waals surface area contributed by atoms with Gasteiger partial charge in [0.2, 0.25) is 0 Å². The molecule has 88 valence electrons. The van der Waals surface area contributed by atoms with Gasteiger partial charge in [-0.3, -0.25) is 9.89 Å². The van der Waals surface area contributed by atoms with Crippen LogP contribution in [0, 0.1) is 0 Å². The summed E-state index contributed by atoms with van der Waals surface area (Å²) in [6, 6.07) is 4.81. The van der Waals surface area contributed by atoms with Gasteiger partial charge >= 0.3 is 0 Å². The van der Waals surface area contributed by atoms with E-state index in [1.165, 1.54) is 12.1 Å². The fraction of sp³-hybridized carbons (Fsp3) is 0.100. The van der Waals surface area contributed by atoms with Gasteiger partial charge in [-0.15, -0.1) is 0 Å². The third-order valence-electron chi connectivity index (χ3n) is 2.06. The van der Waals surface area contributed by atoms with E-state index in [0.29, 0.717) is 6.54 Å². The van der Waals surface area contributed by atoms with Crippen LogP contribution in [0.2, 0.25) is 10.3 Å². The lowest BCUT2D eigenvalue weighted by Crippen LogP contribution is -2.23. The molecule has 0 aromatic carbocycles. The first kappa shape index (κ1) is 11.9. The van der Waals surface area contributed by atoms with Crippen LogP contribution in [-0.4, -0.2) is 21.1 Å². The average Bonchev–Trinajstić information content (AvgIpc) is 2.78. The van der Waals surface area contributed by atoms with E-state index in [2.05, 4.69) is 20.5 Å². The molecule has 2 aromatic rings. The summed E-state index contributed by atoms with van der Waals surface area (Å²) in [5.74, 6) is -0.311. The molecule has 0 aliphatic heterocycles. The summed E-state index contributed by atoms with van der Waals surface area (Å²) < 4.78 is 0. The molecular weight excluding hydrogens is 263 g/mol. The normalized spacial score (nSPS) is 10.2. The minimum Gasteiger partial charge on any atom is -0.346 e. The highest BCUT2D eigenvalue weighted by molar-refractivity contribution is 6.34. The van der Waals surface area contributed by atoms with Crippen molar-refractivity contribution in [2.45, 2.75) is 6.54 Å². The van der Waals surface area contributed by atoms with Gasteiger partial charge < -0.3 is 5.32 Å². The Morgan fingerprint density at radius 3 is 2.82 bits per heavy atom. The van der Waals surface area contributed by atoms with Gasteiger partial charge in [0.05, 0.1) is 17.8 Å². The van der Waals surface area contributed by atoms with Crippen molar-refractivity contribution in [3.8, 4) is 0 Å². The van der Waals surface area contributed by atoms with Crippen LogP contribution in [0.15, 0.2) is 24.4 Å². The topological polar surface area (TPSA) is 70.7 Å². The van der Waals surface area contributed by atoms with Crippen molar-refractivity contribution < 1.29 is 4.79 Å². The number of H-pyrrole nitrogens is 1. The molecule has 1 amide bonds. The molecule has 0 aliphatic carbocycles. The molecule has 0 saturated heterocycles. The number of carbonyl (C=O) groups excluding carboxylic acids is 1. The standard InChI is InChI=1S/C10H8Cl2N4O/c11-8-2-1-7(9(12)15-8)10(17)13-5-6-3-4-14-16-6/h1-4H,5H2,(H,13,17)(H,14,16). The van der Waals surface area contributed by atoms with Crippen LogP contribution in [0.25, 0.3) is 0 Å². The van der Waals surface area contributed by atoms with Crippen molar-refractivity contribution in [1.29, 1.82) is 0 Å². The Hall–Kier alpha value is -1.59. The summed E-state index contributed by atoms with van der Waals surface area (Å²) in [5.41, 5.74) is 1.09. The third-order valence-corrected chi connectivity index (χ3v) is 2.56. The zero-order valence-corrected chi connectivity index (χ0v) is 10.1. The fourth-order valence-electron chi connectivity index (χ4n) is 1.24. The van der Waals surface area contributed by atoms with Gasteiger partial charge in [-0.1, -0.05) is 23.2 Å². The molecule has 0 spiro atoms. The number of pyridine rings is 1. The highest BCUT2D eigenvalue weighted by Crippen LogP contribution is 2.16. The summed E-state index contributed by atoms with van der Waals surface area (Å²) in [7, 11) is 0. The quantitative estimate of drug-likeness (QED) is 0.839. The van der Waals surface area contributed by atoms with Gasteiger partial charge in [0.25, 0.3) is 5.91 Å². The van der Waals surface area contributed by atoms with Gasteiger partial charge in [0, 0.05) is 6.20 Å². The Labute approximate surface area is 107 Å². The number of carbonyl (C=O) groups is 1. The van der Waals surface area contributed by atoms with E-state index < -0.39 is 0 Å². The number of halogens is 2. The van der Waals surface area contributed by atoms with Crippen LogP contribution < -0.4 is 5.32 Å². The SMILES string of the molecule is O=C(NCc1ccn[nH]1)c1ccc(Cl)nc1Cl. The molecule has 2 aromatic heterocycles. The number of nitrogens with one attached hydrogen (secondary N) is 2. The molecule has 0 fully saturated rings. The van der Waals surface area contributed by atoms with Gasteiger partial charge in [-0.25, -0.2) is 4.98 Å². The lowest BCUT2D eigenvalue weighted by atomic mass is 10.2. The third kappa shape index (κ3) is 2.95. The Morgan fingerprint density at radius 1 is 1.35 bits per heavy atom. The Balaban J connectivity index is 2.04. The molecule has 7 heteroatoms. The van der Waals surface area contributed by atoms with Crippen molar-refractivity contribution in [2.75, 3.05) is 0 Å². The highest BCUT2D eigenvalue weighted by atomic mass is 35.5. The molecule has 0 saturated carbocycles. The van der Waals surface area contributed by atoms with Gasteiger partial charge in [-0.2, -0.15) is 5.10 Å². The van der Waals surface area contributed by atoms with Crippen LogP contribution >= 0.6 is 23.2 Å². The average molecular weight is 271 g/mol. The summed E-state index contributed by atoms with van der Waals surface area (Å²) in [5, 5.41) is 9.52. The zero-order valence-electron chi connectivity index (χ0n) is 8.58. The predicted molar refractivity (Wildman–Crippen MR) is 64.0 cm³/mol. The maximum atomic E-state index is 11.8. The van der Waals surface area contributed by atoms with Gasteiger partial charge in [0.15, 0.2) is 0 Å². The van der Waals surface area contributed by atoms with E-state index in [1.54, 1.807) is 12.3 Å². The van der Waals surface area contributed by atoms with E-state index >= 15 is 0 Å². The minimum absolute atomic E-state index is 0.0830. The summed E-state index contributed by atoms with van der Waals surface area (Å²) in [6.07, 6.45) is 1.61. The zero-order chi connectivity index (χ0) is 12.3. The van der Waals surface area contributed by atoms with E-state index in [0.717, 1.165) is 5.69 Å². The van der Waals surface area contributed by atoms with Crippen LogP contribution in [0.3, 0.4) is 0 Å². The van der Waals surface area contributed by atoms with E-state index in [-0.39, 0.29) is 21.8 Å². The van der Waals surface area contributed by atoms with Crippen molar-refractivity contribution >= 4 is 29.1 Å². The molecule has 0 radical (unpaired) electrons. The number of nitrogens with zero attached hydrogens (tertiary/aromatic N) is 2. The second-order valence-electron chi connectivity index (χ2n) is 3.24. The highest BCUT2D eigenvalue weighted by Gasteiger charge is 2.11. The first-order valence-corrected chi connectivity index (χ1v) is 5.51. The lowest BCUT2D eigenvalue weighted by Gasteiger charge is -2.05. The van der Waals surface area contributed by atoms with Crippen molar-refractivity contribution in [3.63, 3.8) is 0 Å². The first-order valence-electron chi connectivity index (χ1n) is 4.75. The van der Waals surface area contributed by atoms with Crippen molar-refractivity contribution in [1.82, 2.24) is 20.5 Å². The van der Waals surface area contributed by atoms with Crippen LogP contribution in [-0.2, 0) is 6.54 Å². The van der Waals surface area contributed by atoms with E-state index in [9.17, 15) is 4.79 Å². The summed E-state index contributed by atoms with van der Waals surface area (Å²) in [4.78, 5) is 15.5. The Bertz CT molecular complexity index is 527. The molecule has 17 heavy (non-hydrogen) atoms. The molecule has 2 N–H and O–H groups in total. The number of amides is 1. The van der Waals surface area contributed by atoms with Gasteiger partial charge in [0.1, 0.15) is 10.3 Å². The Kier molecular flexibility index (Phi) is 3.61. The number of aromatic nitrogens is 3. The second-order valence-corrected chi connectivity index (χ2v) is 3.98. The van der Waals surface area contributed by atoms with Gasteiger partial charge in [-0.05, 0) is 18.2 Å². The maximum Gasteiger partial charge on any atom is 0.254 e. The second kappa shape index (κ2) is 5.16. The van der Waals surface area contributed by atoms with Crippen molar-refractivity contribution in [3.05, 3.63) is 46.0 Å². The molecular formula is C10H8Cl2N4O. The maximum absolute atomic E-state index is 11.8. The molecule has 0 unspecified atom stereocenters. The monoisotopic (exact) mass is 270 g/mol. The first-order chi connectivity index (χ1) is 8.16. The van der Waals surface area contributed by atoms with Crippen molar-refractivity contribution in [2.24, 2.45) is 0 Å². The predicted octanol–water partition coefficient (Wildman–Crippen LogP) is 2.04. The van der Waals surface area contributed by atoms with E-state index in [4.69, 9.17) is 23.2 Å². The van der Waals surface area contributed by atoms with Crippen LogP contribution in [0.5, 0.6) is 0 Å². The molecule has 5 nitrogen and oxygen atoms in total. The number of hydrogen-bond acceptors (Lipinski definition) is 3. The molecule has 2 heterocycles. The summed E-state index contributed by atoms with van der Waals surface area (Å²) in [6.45, 7) is 0.345. The number of aromatic amines is 1. The molecule has 0 atom stereocenters. The van der Waals surface area contributed by atoms with Crippen LogP contribution in [0.4, 0.5) is 0 Å².